The second kappa shape index (κ2) is 7.56. The number of carbonyl (C=O) groups excluding carboxylic acids is 2. The van der Waals surface area contributed by atoms with Gasteiger partial charge < -0.3 is 15.5 Å². The van der Waals surface area contributed by atoms with Crippen molar-refractivity contribution < 1.29 is 18.8 Å². The molecule has 1 rings (SSSR count). The highest BCUT2D eigenvalue weighted by molar-refractivity contribution is 5.86. The van der Waals surface area contributed by atoms with Gasteiger partial charge in [-0.05, 0) is 17.7 Å². The fraction of sp³-hybridized carbons (Fsp3) is 0.385. The first kappa shape index (κ1) is 16.1. The second-order valence-electron chi connectivity index (χ2n) is 4.18. The molecule has 0 spiro atoms. The van der Waals surface area contributed by atoms with Crippen LogP contribution >= 0.6 is 0 Å². The van der Waals surface area contributed by atoms with E-state index in [9.17, 15) is 14.0 Å². The van der Waals surface area contributed by atoms with E-state index in [4.69, 9.17) is 4.84 Å². The smallest absolute Gasteiger partial charge is 0.260 e. The van der Waals surface area contributed by atoms with Crippen molar-refractivity contribution >= 4 is 11.8 Å². The van der Waals surface area contributed by atoms with Crippen molar-refractivity contribution in [3.63, 3.8) is 0 Å². The van der Waals surface area contributed by atoms with E-state index < -0.39 is 12.1 Å². The standard InChI is InChI=1S/C13H18FN3O3/c1-9(18)16-12(17(2)20-3)13(19)15-8-10-4-6-11(14)7-5-10/h4-7,12H,8H2,1-3H3,(H,15,19)(H,16,18)/t12-/m1/s1. The summed E-state index contributed by atoms with van der Waals surface area (Å²) in [6.07, 6.45) is -0.932. The highest BCUT2D eigenvalue weighted by Crippen LogP contribution is 2.02. The van der Waals surface area contributed by atoms with Gasteiger partial charge in [0.15, 0.2) is 6.17 Å². The number of hydrogen-bond acceptors (Lipinski definition) is 4. The van der Waals surface area contributed by atoms with Crippen LogP contribution in [0.3, 0.4) is 0 Å². The predicted octanol–water partition coefficient (Wildman–Crippen LogP) is 0.397. The van der Waals surface area contributed by atoms with Gasteiger partial charge >= 0.3 is 0 Å². The molecule has 0 radical (unpaired) electrons. The number of hydrogen-bond donors (Lipinski definition) is 2. The summed E-state index contributed by atoms with van der Waals surface area (Å²) in [5, 5.41) is 6.33. The lowest BCUT2D eigenvalue weighted by atomic mass is 10.2. The van der Waals surface area contributed by atoms with Crippen LogP contribution in [0, 0.1) is 5.82 Å². The first-order chi connectivity index (χ1) is 9.43. The number of carbonyl (C=O) groups is 2. The molecule has 20 heavy (non-hydrogen) atoms. The molecule has 7 heteroatoms. The van der Waals surface area contributed by atoms with E-state index in [0.717, 1.165) is 5.56 Å². The molecule has 0 aromatic heterocycles. The highest BCUT2D eigenvalue weighted by atomic mass is 19.1. The molecule has 0 unspecified atom stereocenters. The molecule has 110 valence electrons. The Labute approximate surface area is 116 Å². The lowest BCUT2D eigenvalue weighted by Gasteiger charge is -2.25. The molecular formula is C13H18FN3O3. The third-order valence-electron chi connectivity index (χ3n) is 2.62. The van der Waals surface area contributed by atoms with Crippen LogP contribution in [0.25, 0.3) is 0 Å². The molecule has 1 aromatic rings. The molecule has 2 N–H and O–H groups in total. The number of nitrogens with one attached hydrogen (secondary N) is 2. The van der Waals surface area contributed by atoms with E-state index in [-0.39, 0.29) is 18.3 Å². The quantitative estimate of drug-likeness (QED) is 0.585. The molecule has 1 atom stereocenters. The summed E-state index contributed by atoms with van der Waals surface area (Å²) in [5.41, 5.74) is 0.751. The van der Waals surface area contributed by atoms with E-state index in [1.165, 1.54) is 38.3 Å². The SMILES string of the molecule is CON(C)[C@@H](NC(C)=O)C(=O)NCc1ccc(F)cc1. The maximum Gasteiger partial charge on any atom is 0.260 e. The minimum Gasteiger partial charge on any atom is -0.349 e. The highest BCUT2D eigenvalue weighted by Gasteiger charge is 2.23. The van der Waals surface area contributed by atoms with Crippen molar-refractivity contribution in [2.75, 3.05) is 14.2 Å². The Balaban J connectivity index is 2.61. The topological polar surface area (TPSA) is 70.7 Å². The van der Waals surface area contributed by atoms with Gasteiger partial charge in [0.05, 0.1) is 7.11 Å². The molecule has 0 heterocycles. The molecule has 0 saturated carbocycles. The van der Waals surface area contributed by atoms with Crippen LogP contribution in [0.2, 0.25) is 0 Å². The molecule has 0 saturated heterocycles. The number of nitrogens with zero attached hydrogens (tertiary/aromatic N) is 1. The van der Waals surface area contributed by atoms with Crippen molar-refractivity contribution in [2.45, 2.75) is 19.6 Å². The van der Waals surface area contributed by atoms with Gasteiger partial charge in [-0.15, -0.1) is 0 Å². The molecule has 0 aliphatic rings. The lowest BCUT2D eigenvalue weighted by molar-refractivity contribution is -0.169. The molecule has 0 fully saturated rings. The Morgan fingerprint density at radius 2 is 1.95 bits per heavy atom. The van der Waals surface area contributed by atoms with Crippen LogP contribution in [0.4, 0.5) is 4.39 Å². The zero-order valence-electron chi connectivity index (χ0n) is 11.6. The Morgan fingerprint density at radius 3 is 2.45 bits per heavy atom. The van der Waals surface area contributed by atoms with Crippen molar-refractivity contribution in [2.24, 2.45) is 0 Å². The molecular weight excluding hydrogens is 265 g/mol. The number of likely N-dealkylation sites (N-methyl/N-ethyl adjacent to an activating group) is 1. The fourth-order valence-electron chi connectivity index (χ4n) is 1.51. The maximum atomic E-state index is 12.8. The minimum atomic E-state index is -0.932. The van der Waals surface area contributed by atoms with Crippen LogP contribution in [0.1, 0.15) is 12.5 Å². The van der Waals surface area contributed by atoms with Gasteiger partial charge in [-0.3, -0.25) is 9.59 Å². The number of benzene rings is 1. The van der Waals surface area contributed by atoms with Crippen molar-refractivity contribution in [3.05, 3.63) is 35.6 Å². The zero-order chi connectivity index (χ0) is 15.1. The summed E-state index contributed by atoms with van der Waals surface area (Å²) < 4.78 is 12.8. The van der Waals surface area contributed by atoms with Crippen molar-refractivity contribution in [1.29, 1.82) is 0 Å². The van der Waals surface area contributed by atoms with E-state index in [1.807, 2.05) is 0 Å². The Kier molecular flexibility index (Phi) is 6.08. The van der Waals surface area contributed by atoms with Gasteiger partial charge in [0.1, 0.15) is 5.82 Å². The van der Waals surface area contributed by atoms with Gasteiger partial charge in [0, 0.05) is 20.5 Å². The Hall–Kier alpha value is -1.99. The molecule has 1 aromatic carbocycles. The summed E-state index contributed by atoms with van der Waals surface area (Å²) in [6, 6.07) is 5.77. The maximum absolute atomic E-state index is 12.8. The largest absolute Gasteiger partial charge is 0.349 e. The lowest BCUT2D eigenvalue weighted by Crippen LogP contribution is -2.54. The number of rotatable bonds is 6. The summed E-state index contributed by atoms with van der Waals surface area (Å²) in [5.74, 6) is -1.11. The summed E-state index contributed by atoms with van der Waals surface area (Å²) in [4.78, 5) is 28.0. The Bertz CT molecular complexity index is 464. The average molecular weight is 283 g/mol. The molecule has 0 aliphatic carbocycles. The third kappa shape index (κ3) is 4.94. The first-order valence-corrected chi connectivity index (χ1v) is 6.00. The van der Waals surface area contributed by atoms with E-state index in [1.54, 1.807) is 12.1 Å². The van der Waals surface area contributed by atoms with Gasteiger partial charge in [-0.2, -0.15) is 5.06 Å². The van der Waals surface area contributed by atoms with Crippen LogP contribution < -0.4 is 10.6 Å². The van der Waals surface area contributed by atoms with Crippen LogP contribution in [-0.2, 0) is 21.0 Å². The monoisotopic (exact) mass is 283 g/mol. The zero-order valence-corrected chi connectivity index (χ0v) is 11.6. The fourth-order valence-corrected chi connectivity index (χ4v) is 1.51. The van der Waals surface area contributed by atoms with Gasteiger partial charge in [-0.1, -0.05) is 12.1 Å². The number of amides is 2. The molecule has 2 amide bonds. The van der Waals surface area contributed by atoms with E-state index >= 15 is 0 Å². The van der Waals surface area contributed by atoms with Crippen LogP contribution in [-0.4, -0.2) is 37.2 Å². The third-order valence-corrected chi connectivity index (χ3v) is 2.62. The first-order valence-electron chi connectivity index (χ1n) is 6.00. The second-order valence-corrected chi connectivity index (χ2v) is 4.18. The normalized spacial score (nSPS) is 12.1. The summed E-state index contributed by atoms with van der Waals surface area (Å²) in [7, 11) is 2.92. The van der Waals surface area contributed by atoms with Crippen LogP contribution in [0.15, 0.2) is 24.3 Å². The van der Waals surface area contributed by atoms with Gasteiger partial charge in [-0.25, -0.2) is 4.39 Å². The van der Waals surface area contributed by atoms with Crippen molar-refractivity contribution in [3.8, 4) is 0 Å². The molecule has 0 bridgehead atoms. The predicted molar refractivity (Wildman–Crippen MR) is 70.6 cm³/mol. The van der Waals surface area contributed by atoms with E-state index in [2.05, 4.69) is 10.6 Å². The number of halogens is 1. The summed E-state index contributed by atoms with van der Waals surface area (Å²) >= 11 is 0. The molecule has 0 aliphatic heterocycles. The van der Waals surface area contributed by atoms with Crippen molar-refractivity contribution in [1.82, 2.24) is 15.7 Å². The van der Waals surface area contributed by atoms with Crippen LogP contribution in [0.5, 0.6) is 0 Å². The van der Waals surface area contributed by atoms with Gasteiger partial charge in [0.2, 0.25) is 5.91 Å². The summed E-state index contributed by atoms with van der Waals surface area (Å²) in [6.45, 7) is 1.54. The van der Waals surface area contributed by atoms with E-state index in [0.29, 0.717) is 0 Å². The molecule has 6 nitrogen and oxygen atoms in total. The Morgan fingerprint density at radius 1 is 1.35 bits per heavy atom. The minimum absolute atomic E-state index is 0.229. The average Bonchev–Trinajstić information content (AvgIpc) is 2.42. The number of hydroxylamine groups is 2. The van der Waals surface area contributed by atoms with Gasteiger partial charge in [0.25, 0.3) is 5.91 Å².